The molecule has 0 radical (unpaired) electrons. The predicted octanol–water partition coefficient (Wildman–Crippen LogP) is 1.89. The van der Waals surface area contributed by atoms with Gasteiger partial charge in [0.15, 0.2) is 0 Å². The molecule has 4 nitrogen and oxygen atoms in total. The van der Waals surface area contributed by atoms with Gasteiger partial charge in [0.25, 0.3) is 0 Å². The van der Waals surface area contributed by atoms with Crippen molar-refractivity contribution in [2.45, 2.75) is 52.0 Å². The Morgan fingerprint density at radius 3 is 2.69 bits per heavy atom. The number of carboxylic acids is 1. The molecule has 0 aromatic heterocycles. The molecular weight excluding hydrogens is 206 g/mol. The van der Waals surface area contributed by atoms with E-state index in [1.807, 2.05) is 13.8 Å². The van der Waals surface area contributed by atoms with Crippen LogP contribution in [-0.2, 0) is 9.59 Å². The van der Waals surface area contributed by atoms with Crippen LogP contribution in [0.2, 0.25) is 0 Å². The number of rotatable bonds is 4. The van der Waals surface area contributed by atoms with Gasteiger partial charge in [0.1, 0.15) is 6.04 Å². The molecular formula is C12H21NO3. The molecule has 0 aromatic carbocycles. The Morgan fingerprint density at radius 2 is 2.12 bits per heavy atom. The molecule has 0 aromatic rings. The van der Waals surface area contributed by atoms with Gasteiger partial charge in [-0.25, -0.2) is 4.79 Å². The summed E-state index contributed by atoms with van der Waals surface area (Å²) in [4.78, 5) is 24.5. The maximum atomic E-state index is 11.8. The summed E-state index contributed by atoms with van der Waals surface area (Å²) in [6.45, 7) is 4.67. The first-order chi connectivity index (χ1) is 7.56. The highest BCUT2D eigenvalue weighted by Gasteiger charge is 2.34. The third-order valence-corrected chi connectivity index (χ3v) is 3.21. The van der Waals surface area contributed by atoms with E-state index >= 15 is 0 Å². The highest BCUT2D eigenvalue weighted by Crippen LogP contribution is 2.23. The highest BCUT2D eigenvalue weighted by molar-refractivity contribution is 5.83. The van der Waals surface area contributed by atoms with Crippen LogP contribution in [0.15, 0.2) is 0 Å². The second-order valence-electron chi connectivity index (χ2n) is 4.67. The number of aliphatic carboxylic acids is 1. The zero-order chi connectivity index (χ0) is 12.1. The number of carbonyl (C=O) groups is 2. The lowest BCUT2D eigenvalue weighted by molar-refractivity contribution is -0.153. The van der Waals surface area contributed by atoms with Crippen molar-refractivity contribution in [2.24, 2.45) is 5.92 Å². The van der Waals surface area contributed by atoms with E-state index in [0.29, 0.717) is 25.3 Å². The van der Waals surface area contributed by atoms with Gasteiger partial charge in [-0.05, 0) is 25.2 Å². The number of hydrogen-bond donors (Lipinski definition) is 1. The van der Waals surface area contributed by atoms with Crippen LogP contribution in [0, 0.1) is 5.92 Å². The SMILES string of the molecule is CCCCC(=O)N1CCC(C)CC1C(=O)O. The molecule has 4 heteroatoms. The number of amides is 1. The third kappa shape index (κ3) is 3.22. The van der Waals surface area contributed by atoms with Crippen molar-refractivity contribution in [1.29, 1.82) is 0 Å². The van der Waals surface area contributed by atoms with E-state index in [4.69, 9.17) is 5.11 Å². The van der Waals surface area contributed by atoms with Crippen LogP contribution in [0.3, 0.4) is 0 Å². The van der Waals surface area contributed by atoms with Gasteiger partial charge in [0, 0.05) is 13.0 Å². The monoisotopic (exact) mass is 227 g/mol. The fourth-order valence-corrected chi connectivity index (χ4v) is 2.15. The van der Waals surface area contributed by atoms with Crippen molar-refractivity contribution in [1.82, 2.24) is 4.90 Å². The van der Waals surface area contributed by atoms with Crippen molar-refractivity contribution in [2.75, 3.05) is 6.54 Å². The first-order valence-electron chi connectivity index (χ1n) is 6.08. The normalized spacial score (nSPS) is 25.5. The summed E-state index contributed by atoms with van der Waals surface area (Å²) in [5, 5.41) is 9.11. The standard InChI is InChI=1S/C12H21NO3/c1-3-4-5-11(14)13-7-6-9(2)8-10(13)12(15)16/h9-10H,3-8H2,1-2H3,(H,15,16). The molecule has 1 fully saturated rings. The van der Waals surface area contributed by atoms with Crippen LogP contribution in [-0.4, -0.2) is 34.5 Å². The van der Waals surface area contributed by atoms with Crippen LogP contribution in [0.4, 0.5) is 0 Å². The van der Waals surface area contributed by atoms with Crippen molar-refractivity contribution in [3.63, 3.8) is 0 Å². The molecule has 2 unspecified atom stereocenters. The molecule has 16 heavy (non-hydrogen) atoms. The summed E-state index contributed by atoms with van der Waals surface area (Å²) in [6, 6.07) is -0.604. The number of nitrogens with zero attached hydrogens (tertiary/aromatic N) is 1. The van der Waals surface area contributed by atoms with Gasteiger partial charge >= 0.3 is 5.97 Å². The quantitative estimate of drug-likeness (QED) is 0.797. The Morgan fingerprint density at radius 1 is 1.44 bits per heavy atom. The highest BCUT2D eigenvalue weighted by atomic mass is 16.4. The minimum atomic E-state index is -0.864. The number of carbonyl (C=O) groups excluding carboxylic acids is 1. The maximum Gasteiger partial charge on any atom is 0.326 e. The molecule has 92 valence electrons. The van der Waals surface area contributed by atoms with Crippen LogP contribution < -0.4 is 0 Å². The van der Waals surface area contributed by atoms with Gasteiger partial charge in [-0.15, -0.1) is 0 Å². The lowest BCUT2D eigenvalue weighted by atomic mass is 9.92. The first kappa shape index (κ1) is 13.0. The van der Waals surface area contributed by atoms with E-state index in [0.717, 1.165) is 19.3 Å². The Labute approximate surface area is 96.6 Å². The topological polar surface area (TPSA) is 57.6 Å². The summed E-state index contributed by atoms with van der Waals surface area (Å²) in [6.07, 6.45) is 3.80. The van der Waals surface area contributed by atoms with E-state index in [-0.39, 0.29) is 5.91 Å². The molecule has 0 bridgehead atoms. The maximum absolute atomic E-state index is 11.8. The van der Waals surface area contributed by atoms with E-state index in [1.165, 1.54) is 0 Å². The van der Waals surface area contributed by atoms with E-state index in [9.17, 15) is 9.59 Å². The molecule has 0 spiro atoms. The lowest BCUT2D eigenvalue weighted by Gasteiger charge is -2.36. The largest absolute Gasteiger partial charge is 0.480 e. The average Bonchev–Trinajstić information content (AvgIpc) is 2.25. The van der Waals surface area contributed by atoms with Gasteiger partial charge in [-0.3, -0.25) is 4.79 Å². The predicted molar refractivity (Wildman–Crippen MR) is 61.1 cm³/mol. The van der Waals surface area contributed by atoms with Crippen molar-refractivity contribution < 1.29 is 14.7 Å². The van der Waals surface area contributed by atoms with Gasteiger partial charge in [-0.2, -0.15) is 0 Å². The van der Waals surface area contributed by atoms with Gasteiger partial charge in [0.05, 0.1) is 0 Å². The Hall–Kier alpha value is -1.06. The molecule has 0 saturated carbocycles. The summed E-state index contributed by atoms with van der Waals surface area (Å²) in [7, 11) is 0. The Kier molecular flexibility index (Phi) is 4.77. The van der Waals surface area contributed by atoms with Crippen molar-refractivity contribution in [3.05, 3.63) is 0 Å². The number of hydrogen-bond acceptors (Lipinski definition) is 2. The number of carboxylic acid groups (broad SMARTS) is 1. The van der Waals surface area contributed by atoms with Crippen LogP contribution in [0.1, 0.15) is 46.0 Å². The zero-order valence-electron chi connectivity index (χ0n) is 10.1. The summed E-state index contributed by atoms with van der Waals surface area (Å²) in [5.41, 5.74) is 0. The number of piperidine rings is 1. The third-order valence-electron chi connectivity index (χ3n) is 3.21. The van der Waals surface area contributed by atoms with Gasteiger partial charge < -0.3 is 10.0 Å². The zero-order valence-corrected chi connectivity index (χ0v) is 10.1. The summed E-state index contributed by atoms with van der Waals surface area (Å²) >= 11 is 0. The molecule has 1 aliphatic heterocycles. The second-order valence-corrected chi connectivity index (χ2v) is 4.67. The van der Waals surface area contributed by atoms with Crippen molar-refractivity contribution in [3.8, 4) is 0 Å². The molecule has 1 heterocycles. The molecule has 1 N–H and O–H groups in total. The van der Waals surface area contributed by atoms with Crippen LogP contribution in [0.5, 0.6) is 0 Å². The molecule has 1 amide bonds. The molecule has 1 rings (SSSR count). The minimum absolute atomic E-state index is 0.00106. The number of unbranched alkanes of at least 4 members (excludes halogenated alkanes) is 1. The average molecular weight is 227 g/mol. The van der Waals surface area contributed by atoms with Crippen molar-refractivity contribution >= 4 is 11.9 Å². The lowest BCUT2D eigenvalue weighted by Crippen LogP contribution is -2.49. The first-order valence-corrected chi connectivity index (χ1v) is 6.08. The van der Waals surface area contributed by atoms with E-state index in [1.54, 1.807) is 4.90 Å². The van der Waals surface area contributed by atoms with E-state index < -0.39 is 12.0 Å². The molecule has 2 atom stereocenters. The summed E-state index contributed by atoms with van der Waals surface area (Å²) in [5.74, 6) is -0.464. The molecule has 1 aliphatic rings. The van der Waals surface area contributed by atoms with Crippen LogP contribution >= 0.6 is 0 Å². The fourth-order valence-electron chi connectivity index (χ4n) is 2.15. The Balaban J connectivity index is 2.61. The van der Waals surface area contributed by atoms with E-state index in [2.05, 4.69) is 0 Å². The fraction of sp³-hybridized carbons (Fsp3) is 0.833. The molecule has 1 saturated heterocycles. The minimum Gasteiger partial charge on any atom is -0.480 e. The summed E-state index contributed by atoms with van der Waals surface area (Å²) < 4.78 is 0. The number of likely N-dealkylation sites (tertiary alicyclic amines) is 1. The van der Waals surface area contributed by atoms with Gasteiger partial charge in [0.2, 0.25) is 5.91 Å². The smallest absolute Gasteiger partial charge is 0.326 e. The van der Waals surface area contributed by atoms with Crippen LogP contribution in [0.25, 0.3) is 0 Å². The van der Waals surface area contributed by atoms with Gasteiger partial charge in [-0.1, -0.05) is 20.3 Å². The molecule has 0 aliphatic carbocycles. The second kappa shape index (κ2) is 5.87. The Bertz CT molecular complexity index is 265.